The lowest BCUT2D eigenvalue weighted by Gasteiger charge is -2.32. The van der Waals surface area contributed by atoms with E-state index in [1.807, 2.05) is 11.0 Å². The molecular formula is C44H46F6N8O5S. The number of nitrogens with zero attached hydrogens (tertiary/aromatic N) is 5. The number of alkyl halides is 4. The van der Waals surface area contributed by atoms with E-state index in [-0.39, 0.29) is 46.8 Å². The molecule has 340 valence electrons. The first kappa shape index (κ1) is 44.9. The summed E-state index contributed by atoms with van der Waals surface area (Å²) in [5, 5.41) is 24.7. The summed E-state index contributed by atoms with van der Waals surface area (Å²) >= 11 is 0.548. The summed E-state index contributed by atoms with van der Waals surface area (Å²) in [6.45, 7) is 4.00. The van der Waals surface area contributed by atoms with Crippen LogP contribution in [0.3, 0.4) is 0 Å². The van der Waals surface area contributed by atoms with Crippen molar-refractivity contribution in [2.24, 2.45) is 5.92 Å². The minimum Gasteiger partial charge on any atom is -0.490 e. The summed E-state index contributed by atoms with van der Waals surface area (Å²) in [7, 11) is 0. The number of anilines is 3. The number of ether oxygens (including phenoxy) is 3. The molecule has 5 N–H and O–H groups in total. The first-order chi connectivity index (χ1) is 30.4. The van der Waals surface area contributed by atoms with Crippen LogP contribution in [0.5, 0.6) is 11.8 Å². The quantitative estimate of drug-likeness (QED) is 0.0823. The van der Waals surface area contributed by atoms with E-state index in [9.17, 15) is 19.6 Å². The first-order valence-electron chi connectivity index (χ1n) is 20.9. The third kappa shape index (κ3) is 8.64. The lowest BCUT2D eigenvalue weighted by atomic mass is 9.79. The Balaban J connectivity index is 1.39. The molecule has 8 rings (SSSR count). The number of amides is 1. The summed E-state index contributed by atoms with van der Waals surface area (Å²) in [6.07, 6.45) is -1.38. The Hall–Kier alpha value is -5.65. The van der Waals surface area contributed by atoms with E-state index in [0.717, 1.165) is 37.8 Å². The van der Waals surface area contributed by atoms with Crippen LogP contribution in [-0.4, -0.2) is 81.3 Å². The largest absolute Gasteiger partial charge is 0.490 e. The van der Waals surface area contributed by atoms with E-state index in [2.05, 4.69) is 25.6 Å². The van der Waals surface area contributed by atoms with Gasteiger partial charge < -0.3 is 30.4 Å². The zero-order chi connectivity index (χ0) is 45.7. The smallest absolute Gasteiger partial charge is 0.420 e. The van der Waals surface area contributed by atoms with Crippen LogP contribution in [0.1, 0.15) is 88.4 Å². The molecule has 3 aromatic heterocycles. The van der Waals surface area contributed by atoms with Gasteiger partial charge >= 0.3 is 18.3 Å². The Bertz CT molecular complexity index is 2650. The topological polar surface area (TPSA) is 181 Å². The molecule has 1 amide bonds. The molecule has 5 heterocycles. The maximum Gasteiger partial charge on any atom is 0.420 e. The highest BCUT2D eigenvalue weighted by Gasteiger charge is 2.50. The monoisotopic (exact) mass is 912 g/mol. The van der Waals surface area contributed by atoms with Crippen molar-refractivity contribution in [3.63, 3.8) is 0 Å². The van der Waals surface area contributed by atoms with Crippen molar-refractivity contribution in [2.45, 2.75) is 95.2 Å². The van der Waals surface area contributed by atoms with Gasteiger partial charge in [-0.2, -0.15) is 28.4 Å². The second kappa shape index (κ2) is 17.4. The SMILES string of the molecule is CC(C)(C)OC(=O)Nc1sc2c(F)ccc(-c3c(C(F)(F)F)c(OCCO)c4c(N[C@H](CC5CCC5)c5cccnc5N)nc(OC[C@@]56CCCN5C[C@H](F)C6)nc4c3F)c2c1C#N. The normalized spacial score (nSPS) is 19.6. The van der Waals surface area contributed by atoms with Crippen LogP contribution in [0.25, 0.3) is 32.1 Å². The Morgan fingerprint density at radius 1 is 1.14 bits per heavy atom. The number of hydrogen-bond donors (Lipinski definition) is 4. The molecule has 3 aliphatic rings. The fourth-order valence-corrected chi connectivity index (χ4v) is 10.2. The molecule has 20 heteroatoms. The molecule has 64 heavy (non-hydrogen) atoms. The van der Waals surface area contributed by atoms with E-state index in [0.29, 0.717) is 36.3 Å². The molecule has 0 spiro atoms. The average Bonchev–Trinajstić information content (AvgIpc) is 3.87. The second-order valence-corrected chi connectivity index (χ2v) is 18.5. The van der Waals surface area contributed by atoms with Crippen molar-refractivity contribution >= 4 is 55.1 Å². The maximum atomic E-state index is 17.9. The van der Waals surface area contributed by atoms with Gasteiger partial charge in [-0.3, -0.25) is 10.2 Å². The predicted molar refractivity (Wildman–Crippen MR) is 228 cm³/mol. The maximum absolute atomic E-state index is 17.9. The standard InChI is InChI=1S/C44H46F6N8O5S/c1-42(2,3)63-41(60)57-39-26(19-51)29-25(10-11-27(46)36(29)64-39)30-32(44(48,49)50)35(61-16-15-59)31-34(33(30)47)55-40(62-21-43-12-6-14-58(43)20-23(45)18-43)56-38(31)54-28(17-22-7-4-8-22)24-9-5-13-53-37(24)52/h5,9-11,13,22-23,28,59H,4,6-8,12,14-18,20-21H2,1-3H3,(H2,52,53)(H,57,60)(H,54,55,56)/t23-,28-,43+/m1/s1. The van der Waals surface area contributed by atoms with Gasteiger partial charge in [0.15, 0.2) is 5.82 Å². The molecule has 1 saturated carbocycles. The molecule has 1 aliphatic carbocycles. The summed E-state index contributed by atoms with van der Waals surface area (Å²) < 4.78 is 113. The lowest BCUT2D eigenvalue weighted by Crippen LogP contribution is -2.43. The number of hydrogen-bond acceptors (Lipinski definition) is 13. The number of aromatic nitrogens is 3. The molecule has 0 bridgehead atoms. The highest BCUT2D eigenvalue weighted by Crippen LogP contribution is 2.53. The third-order valence-corrected chi connectivity index (χ3v) is 13.1. The van der Waals surface area contributed by atoms with Gasteiger partial charge in [-0.05, 0) is 70.2 Å². The van der Waals surface area contributed by atoms with Crippen molar-refractivity contribution in [3.8, 4) is 29.0 Å². The van der Waals surface area contributed by atoms with Crippen LogP contribution < -0.4 is 25.8 Å². The molecule has 2 aromatic carbocycles. The van der Waals surface area contributed by atoms with Gasteiger partial charge in [-0.25, -0.2) is 22.9 Å². The number of nitrogens with one attached hydrogen (secondary N) is 2. The Morgan fingerprint density at radius 3 is 2.59 bits per heavy atom. The predicted octanol–water partition coefficient (Wildman–Crippen LogP) is 9.67. The van der Waals surface area contributed by atoms with Crippen molar-refractivity contribution < 1.29 is 50.5 Å². The van der Waals surface area contributed by atoms with Crippen LogP contribution >= 0.6 is 11.3 Å². The Morgan fingerprint density at radius 2 is 1.92 bits per heavy atom. The van der Waals surface area contributed by atoms with Gasteiger partial charge in [0.25, 0.3) is 0 Å². The molecule has 3 fully saturated rings. The van der Waals surface area contributed by atoms with Crippen LogP contribution in [0.2, 0.25) is 0 Å². The zero-order valence-corrected chi connectivity index (χ0v) is 36.0. The van der Waals surface area contributed by atoms with E-state index < -0.39 is 111 Å². The molecule has 0 unspecified atom stereocenters. The molecule has 3 atom stereocenters. The molecule has 0 radical (unpaired) electrons. The lowest BCUT2D eigenvalue weighted by molar-refractivity contribution is -0.138. The van der Waals surface area contributed by atoms with Crippen molar-refractivity contribution in [3.05, 3.63) is 58.8 Å². The molecule has 5 aromatic rings. The number of halogens is 6. The summed E-state index contributed by atoms with van der Waals surface area (Å²) in [5.41, 5.74) is 0.566. The number of nitrogens with two attached hydrogens (primary N) is 1. The molecule has 2 saturated heterocycles. The fraction of sp³-hybridized carbons (Fsp3) is 0.477. The number of aliphatic hydroxyl groups is 1. The number of benzene rings is 2. The number of thiophene rings is 1. The van der Waals surface area contributed by atoms with Crippen molar-refractivity contribution in [2.75, 3.05) is 49.3 Å². The minimum atomic E-state index is -5.42. The summed E-state index contributed by atoms with van der Waals surface area (Å²) in [4.78, 5) is 28.0. The minimum absolute atomic E-state index is 0.116. The number of rotatable bonds is 13. The average molecular weight is 913 g/mol. The number of carbonyl (C=O) groups is 1. The zero-order valence-electron chi connectivity index (χ0n) is 35.2. The number of fused-ring (bicyclic) bond motifs is 3. The van der Waals surface area contributed by atoms with Gasteiger partial charge in [0, 0.05) is 35.7 Å². The van der Waals surface area contributed by atoms with Gasteiger partial charge in [-0.15, -0.1) is 11.3 Å². The number of nitrogen functional groups attached to an aromatic ring is 1. The van der Waals surface area contributed by atoms with Crippen molar-refractivity contribution in [1.82, 2.24) is 19.9 Å². The van der Waals surface area contributed by atoms with Gasteiger partial charge in [-0.1, -0.05) is 31.4 Å². The molecule has 2 aliphatic heterocycles. The first-order valence-corrected chi connectivity index (χ1v) is 21.8. The Kier molecular flexibility index (Phi) is 12.2. The van der Waals surface area contributed by atoms with Crippen LogP contribution in [-0.2, 0) is 10.9 Å². The van der Waals surface area contributed by atoms with Crippen LogP contribution in [0.4, 0.5) is 47.8 Å². The number of nitriles is 1. The van der Waals surface area contributed by atoms with Crippen LogP contribution in [0, 0.1) is 28.9 Å². The van der Waals surface area contributed by atoms with Gasteiger partial charge in [0.05, 0.1) is 33.8 Å². The van der Waals surface area contributed by atoms with E-state index in [1.54, 1.807) is 32.9 Å². The second-order valence-electron chi connectivity index (χ2n) is 17.5. The highest BCUT2D eigenvalue weighted by atomic mass is 32.1. The molecular weight excluding hydrogens is 867 g/mol. The molecule has 13 nitrogen and oxygen atoms in total. The van der Waals surface area contributed by atoms with Crippen molar-refractivity contribution in [1.29, 1.82) is 5.26 Å². The number of carbonyl (C=O) groups excluding carboxylic acids is 1. The summed E-state index contributed by atoms with van der Waals surface area (Å²) in [5.74, 6) is -3.49. The van der Waals surface area contributed by atoms with E-state index >= 15 is 22.0 Å². The van der Waals surface area contributed by atoms with Gasteiger partial charge in [0.2, 0.25) is 0 Å². The number of pyridine rings is 1. The van der Waals surface area contributed by atoms with E-state index in [1.165, 1.54) is 6.20 Å². The van der Waals surface area contributed by atoms with E-state index in [4.69, 9.17) is 19.9 Å². The fourth-order valence-electron chi connectivity index (χ4n) is 9.10. The summed E-state index contributed by atoms with van der Waals surface area (Å²) in [6, 6.07) is 5.76. The van der Waals surface area contributed by atoms with Gasteiger partial charge in [0.1, 0.15) is 70.3 Å². The highest BCUT2D eigenvalue weighted by molar-refractivity contribution is 7.23. The number of aliphatic hydroxyl groups excluding tert-OH is 1. The van der Waals surface area contributed by atoms with Crippen LogP contribution in [0.15, 0.2) is 30.5 Å². The third-order valence-electron chi connectivity index (χ3n) is 12.0. The Labute approximate surface area is 367 Å².